The lowest BCUT2D eigenvalue weighted by Crippen LogP contribution is -2.37. The number of nitrogens with zero attached hydrogens (tertiary/aromatic N) is 5. The molecule has 31 heavy (non-hydrogen) atoms. The van der Waals surface area contributed by atoms with Gasteiger partial charge >= 0.3 is 0 Å². The highest BCUT2D eigenvalue weighted by atomic mass is 16.5. The van der Waals surface area contributed by atoms with Crippen LogP contribution in [0.4, 0.5) is 0 Å². The second-order valence-corrected chi connectivity index (χ2v) is 8.82. The number of benzene rings is 1. The topological polar surface area (TPSA) is 86.3 Å². The van der Waals surface area contributed by atoms with Crippen LogP contribution in [0.3, 0.4) is 0 Å². The van der Waals surface area contributed by atoms with E-state index < -0.39 is 0 Å². The molecule has 3 aromatic rings. The molecule has 0 aliphatic carbocycles. The van der Waals surface area contributed by atoms with Crippen LogP contribution in [0.5, 0.6) is 0 Å². The van der Waals surface area contributed by atoms with Gasteiger partial charge in [0, 0.05) is 50.0 Å². The lowest BCUT2D eigenvalue weighted by molar-refractivity contribution is 0.00905. The summed E-state index contributed by atoms with van der Waals surface area (Å²) in [5.74, 6) is 1.06. The Labute approximate surface area is 181 Å². The lowest BCUT2D eigenvalue weighted by Gasteiger charge is -2.36. The third kappa shape index (κ3) is 3.54. The molecule has 2 aliphatic rings. The van der Waals surface area contributed by atoms with Gasteiger partial charge in [-0.2, -0.15) is 5.10 Å². The van der Waals surface area contributed by atoms with Crippen molar-refractivity contribution in [3.8, 4) is 11.5 Å². The predicted molar refractivity (Wildman–Crippen MR) is 114 cm³/mol. The smallest absolute Gasteiger partial charge is 0.274 e. The zero-order valence-electron chi connectivity index (χ0n) is 18.2. The first-order valence-corrected chi connectivity index (χ1v) is 10.7. The van der Waals surface area contributed by atoms with E-state index in [2.05, 4.69) is 15.3 Å². The van der Waals surface area contributed by atoms with Gasteiger partial charge in [-0.05, 0) is 44.9 Å². The Kier molecular flexibility index (Phi) is 4.89. The highest BCUT2D eigenvalue weighted by molar-refractivity contribution is 5.92. The molecule has 1 aromatic carbocycles. The molecule has 1 atom stereocenters. The predicted octanol–water partition coefficient (Wildman–Crippen LogP) is 3.12. The second-order valence-electron chi connectivity index (χ2n) is 8.82. The first-order chi connectivity index (χ1) is 14.9. The van der Waals surface area contributed by atoms with E-state index in [9.17, 15) is 4.79 Å². The van der Waals surface area contributed by atoms with Crippen molar-refractivity contribution in [2.75, 3.05) is 26.3 Å². The number of rotatable bonds is 3. The Morgan fingerprint density at radius 1 is 1.13 bits per heavy atom. The molecular formula is C23H27N5O3. The minimum Gasteiger partial charge on any atom is -0.420 e. The molecule has 8 heteroatoms. The average Bonchev–Trinajstić information content (AvgIpc) is 3.47. The molecule has 8 nitrogen and oxygen atoms in total. The standard InChI is InChI=1S/C23H27N5O3/c1-15-4-6-17(7-5-15)20-24-25-21(31-20)18-13-28(14-23(18)8-10-30-11-9-23)22(29)19-12-16(2)27(3)26-19/h4-7,12,18H,8-11,13-14H2,1-3H3. The van der Waals surface area contributed by atoms with Crippen LogP contribution in [-0.4, -0.2) is 57.1 Å². The summed E-state index contributed by atoms with van der Waals surface area (Å²) in [6, 6.07) is 9.89. The maximum atomic E-state index is 13.2. The van der Waals surface area contributed by atoms with Crippen molar-refractivity contribution < 1.29 is 13.9 Å². The van der Waals surface area contributed by atoms with Crippen molar-refractivity contribution in [3.63, 3.8) is 0 Å². The van der Waals surface area contributed by atoms with Gasteiger partial charge in [-0.3, -0.25) is 9.48 Å². The van der Waals surface area contributed by atoms with E-state index in [-0.39, 0.29) is 17.2 Å². The summed E-state index contributed by atoms with van der Waals surface area (Å²) in [5.41, 5.74) is 3.40. The van der Waals surface area contributed by atoms with Crippen molar-refractivity contribution in [1.29, 1.82) is 0 Å². The number of hydrogen-bond donors (Lipinski definition) is 0. The number of likely N-dealkylation sites (tertiary alicyclic amines) is 1. The van der Waals surface area contributed by atoms with E-state index in [4.69, 9.17) is 9.15 Å². The third-order valence-electron chi connectivity index (χ3n) is 6.79. The number of aromatic nitrogens is 4. The molecule has 0 N–H and O–H groups in total. The summed E-state index contributed by atoms with van der Waals surface area (Å²) < 4.78 is 13.5. The monoisotopic (exact) mass is 421 g/mol. The molecular weight excluding hydrogens is 394 g/mol. The highest BCUT2D eigenvalue weighted by Crippen LogP contribution is 2.49. The van der Waals surface area contributed by atoms with E-state index in [1.807, 2.05) is 56.1 Å². The largest absolute Gasteiger partial charge is 0.420 e. The third-order valence-corrected chi connectivity index (χ3v) is 6.79. The van der Waals surface area contributed by atoms with Gasteiger partial charge in [-0.15, -0.1) is 10.2 Å². The number of ether oxygens (including phenoxy) is 1. The fourth-order valence-corrected chi connectivity index (χ4v) is 4.76. The van der Waals surface area contributed by atoms with E-state index >= 15 is 0 Å². The van der Waals surface area contributed by atoms with Gasteiger partial charge in [0.05, 0.1) is 5.92 Å². The molecule has 0 bridgehead atoms. The number of hydrogen-bond acceptors (Lipinski definition) is 6. The van der Waals surface area contributed by atoms with Gasteiger partial charge in [-0.1, -0.05) is 17.7 Å². The Balaban J connectivity index is 1.45. The Morgan fingerprint density at radius 2 is 1.87 bits per heavy atom. The van der Waals surface area contributed by atoms with E-state index in [1.54, 1.807) is 4.68 Å². The van der Waals surface area contributed by atoms with Crippen LogP contribution in [0, 0.1) is 19.3 Å². The van der Waals surface area contributed by atoms with E-state index in [0.29, 0.717) is 43.8 Å². The first-order valence-electron chi connectivity index (χ1n) is 10.7. The molecule has 162 valence electrons. The molecule has 0 saturated carbocycles. The van der Waals surface area contributed by atoms with Crippen molar-refractivity contribution in [2.24, 2.45) is 12.5 Å². The maximum Gasteiger partial charge on any atom is 0.274 e. The normalized spacial score (nSPS) is 20.5. The number of carbonyl (C=O) groups excluding carboxylic acids is 1. The van der Waals surface area contributed by atoms with Gasteiger partial charge < -0.3 is 14.1 Å². The van der Waals surface area contributed by atoms with Crippen molar-refractivity contribution in [3.05, 3.63) is 53.2 Å². The number of amides is 1. The van der Waals surface area contributed by atoms with Gasteiger partial charge in [0.1, 0.15) is 0 Å². The lowest BCUT2D eigenvalue weighted by atomic mass is 9.72. The van der Waals surface area contributed by atoms with Gasteiger partial charge in [0.15, 0.2) is 5.69 Å². The molecule has 4 heterocycles. The summed E-state index contributed by atoms with van der Waals surface area (Å²) in [6.45, 7) is 6.55. The van der Waals surface area contributed by atoms with Crippen LogP contribution in [0.15, 0.2) is 34.7 Å². The summed E-state index contributed by atoms with van der Waals surface area (Å²) >= 11 is 0. The molecule has 2 saturated heterocycles. The highest BCUT2D eigenvalue weighted by Gasteiger charge is 2.51. The molecule has 2 aliphatic heterocycles. The maximum absolute atomic E-state index is 13.2. The quantitative estimate of drug-likeness (QED) is 0.646. The van der Waals surface area contributed by atoms with Crippen molar-refractivity contribution in [1.82, 2.24) is 24.9 Å². The Morgan fingerprint density at radius 3 is 2.55 bits per heavy atom. The van der Waals surface area contributed by atoms with E-state index in [1.165, 1.54) is 5.56 Å². The van der Waals surface area contributed by atoms with Crippen LogP contribution in [0.1, 0.15) is 46.4 Å². The number of carbonyl (C=O) groups is 1. The molecule has 1 spiro atoms. The summed E-state index contributed by atoms with van der Waals surface area (Å²) in [5, 5.41) is 13.1. The van der Waals surface area contributed by atoms with Gasteiger partial charge in [0.2, 0.25) is 11.8 Å². The van der Waals surface area contributed by atoms with Crippen LogP contribution in [0.25, 0.3) is 11.5 Å². The van der Waals surface area contributed by atoms with Gasteiger partial charge in [0.25, 0.3) is 5.91 Å². The van der Waals surface area contributed by atoms with Crippen molar-refractivity contribution in [2.45, 2.75) is 32.6 Å². The minimum absolute atomic E-state index is 0.0168. The van der Waals surface area contributed by atoms with Crippen LogP contribution in [-0.2, 0) is 11.8 Å². The molecule has 2 aromatic heterocycles. The summed E-state index contributed by atoms with van der Waals surface area (Å²) in [6.07, 6.45) is 1.73. The second kappa shape index (κ2) is 7.60. The Hall–Kier alpha value is -3.00. The molecule has 5 rings (SSSR count). The fraction of sp³-hybridized carbons (Fsp3) is 0.478. The molecule has 2 fully saturated rings. The van der Waals surface area contributed by atoms with Crippen molar-refractivity contribution >= 4 is 5.91 Å². The molecule has 1 unspecified atom stereocenters. The zero-order chi connectivity index (χ0) is 21.6. The first kappa shape index (κ1) is 19.9. The summed E-state index contributed by atoms with van der Waals surface area (Å²) in [7, 11) is 1.85. The Bertz CT molecular complexity index is 1080. The SMILES string of the molecule is Cc1ccc(-c2nnc(C3CN(C(=O)c4cc(C)n(C)n4)CC34CCOCC4)o2)cc1. The molecule has 0 radical (unpaired) electrons. The average molecular weight is 422 g/mol. The van der Waals surface area contributed by atoms with Crippen LogP contribution in [0.2, 0.25) is 0 Å². The fourth-order valence-electron chi connectivity index (χ4n) is 4.76. The van der Waals surface area contributed by atoms with Crippen LogP contribution < -0.4 is 0 Å². The van der Waals surface area contributed by atoms with Crippen LogP contribution >= 0.6 is 0 Å². The molecule has 1 amide bonds. The minimum atomic E-state index is -0.116. The zero-order valence-corrected chi connectivity index (χ0v) is 18.2. The summed E-state index contributed by atoms with van der Waals surface area (Å²) in [4.78, 5) is 15.1. The van der Waals surface area contributed by atoms with Gasteiger partial charge in [-0.25, -0.2) is 0 Å². The number of aryl methyl sites for hydroxylation is 3. The van der Waals surface area contributed by atoms with E-state index in [0.717, 1.165) is 24.1 Å².